The van der Waals surface area contributed by atoms with Crippen LogP contribution in [0.4, 0.5) is 0 Å². The monoisotopic (exact) mass is 356 g/mol. The van der Waals surface area contributed by atoms with Crippen molar-refractivity contribution in [3.8, 4) is 5.75 Å². The van der Waals surface area contributed by atoms with E-state index in [0.717, 1.165) is 11.4 Å². The Labute approximate surface area is 152 Å². The van der Waals surface area contributed by atoms with E-state index < -0.39 is 5.91 Å². The predicted molar refractivity (Wildman–Crippen MR) is 98.7 cm³/mol. The predicted octanol–water partition coefficient (Wildman–Crippen LogP) is 2.14. The molecule has 1 aliphatic heterocycles. The van der Waals surface area contributed by atoms with Crippen LogP contribution in [0.5, 0.6) is 5.75 Å². The maximum Gasteiger partial charge on any atom is 0.263 e. The SMILES string of the molecule is CCn1c(C)ccc(C(=O)N[C@@H]2COCC[C@@H]2Oc2ccccc2)c1=O. The molecule has 138 valence electrons. The molecule has 0 spiro atoms. The highest BCUT2D eigenvalue weighted by Gasteiger charge is 2.30. The van der Waals surface area contributed by atoms with Gasteiger partial charge in [0.25, 0.3) is 11.5 Å². The number of hydrogen-bond acceptors (Lipinski definition) is 4. The molecule has 2 atom stereocenters. The van der Waals surface area contributed by atoms with Crippen molar-refractivity contribution in [2.45, 2.75) is 39.0 Å². The van der Waals surface area contributed by atoms with Crippen molar-refractivity contribution in [2.24, 2.45) is 0 Å². The van der Waals surface area contributed by atoms with Gasteiger partial charge in [-0.3, -0.25) is 9.59 Å². The normalized spacial score (nSPS) is 19.8. The minimum Gasteiger partial charge on any atom is -0.488 e. The van der Waals surface area contributed by atoms with Gasteiger partial charge in [-0.25, -0.2) is 0 Å². The zero-order chi connectivity index (χ0) is 18.5. The lowest BCUT2D eigenvalue weighted by Gasteiger charge is -2.32. The Hall–Kier alpha value is -2.60. The Morgan fingerprint density at radius 3 is 2.77 bits per heavy atom. The Balaban J connectivity index is 1.75. The number of aryl methyl sites for hydroxylation is 1. The molecule has 6 heteroatoms. The quantitative estimate of drug-likeness (QED) is 0.891. The van der Waals surface area contributed by atoms with Gasteiger partial charge >= 0.3 is 0 Å². The third-order valence-electron chi connectivity index (χ3n) is 4.59. The molecule has 0 unspecified atom stereocenters. The van der Waals surface area contributed by atoms with Crippen LogP contribution in [0.25, 0.3) is 0 Å². The lowest BCUT2D eigenvalue weighted by Crippen LogP contribution is -2.52. The average molecular weight is 356 g/mol. The van der Waals surface area contributed by atoms with Crippen molar-refractivity contribution in [2.75, 3.05) is 13.2 Å². The molecule has 1 aromatic carbocycles. The van der Waals surface area contributed by atoms with Gasteiger partial charge in [0.05, 0.1) is 19.3 Å². The van der Waals surface area contributed by atoms with Crippen LogP contribution in [0.3, 0.4) is 0 Å². The fourth-order valence-corrected chi connectivity index (χ4v) is 3.15. The molecule has 1 aliphatic rings. The highest BCUT2D eigenvalue weighted by Crippen LogP contribution is 2.18. The Morgan fingerprint density at radius 2 is 2.04 bits per heavy atom. The van der Waals surface area contributed by atoms with E-state index in [1.165, 1.54) is 0 Å². The van der Waals surface area contributed by atoms with E-state index in [2.05, 4.69) is 5.32 Å². The summed E-state index contributed by atoms with van der Waals surface area (Å²) in [5.41, 5.74) is 0.698. The number of aromatic nitrogens is 1. The number of benzene rings is 1. The summed E-state index contributed by atoms with van der Waals surface area (Å²) in [7, 11) is 0. The summed E-state index contributed by atoms with van der Waals surface area (Å²) in [6, 6.07) is 12.6. The largest absolute Gasteiger partial charge is 0.488 e. The van der Waals surface area contributed by atoms with E-state index in [-0.39, 0.29) is 23.3 Å². The summed E-state index contributed by atoms with van der Waals surface area (Å²) in [5, 5.41) is 2.91. The first kappa shape index (κ1) is 18.2. The molecule has 6 nitrogen and oxygen atoms in total. The van der Waals surface area contributed by atoms with Crippen LogP contribution in [0.15, 0.2) is 47.3 Å². The minimum atomic E-state index is -0.394. The number of pyridine rings is 1. The van der Waals surface area contributed by atoms with Crippen molar-refractivity contribution >= 4 is 5.91 Å². The standard InChI is InChI=1S/C20H24N2O4/c1-3-22-14(2)9-10-16(20(22)24)19(23)21-17-13-25-12-11-18(17)26-15-7-5-4-6-8-15/h4-10,17-18H,3,11-13H2,1-2H3,(H,21,23)/t17-,18+/m1/s1. The van der Waals surface area contributed by atoms with E-state index in [1.54, 1.807) is 16.7 Å². The van der Waals surface area contributed by atoms with Crippen LogP contribution in [0.1, 0.15) is 29.4 Å². The Kier molecular flexibility index (Phi) is 5.73. The zero-order valence-electron chi connectivity index (χ0n) is 15.1. The van der Waals surface area contributed by atoms with E-state index in [9.17, 15) is 9.59 Å². The number of para-hydroxylation sites is 1. The van der Waals surface area contributed by atoms with Gasteiger partial charge in [-0.2, -0.15) is 0 Å². The summed E-state index contributed by atoms with van der Waals surface area (Å²) in [6.07, 6.45) is 0.473. The molecular weight excluding hydrogens is 332 g/mol. The van der Waals surface area contributed by atoms with Crippen LogP contribution in [0.2, 0.25) is 0 Å². The number of nitrogens with one attached hydrogen (secondary N) is 1. The van der Waals surface area contributed by atoms with Crippen LogP contribution in [-0.4, -0.2) is 35.8 Å². The first-order valence-corrected chi connectivity index (χ1v) is 8.91. The van der Waals surface area contributed by atoms with Crippen molar-refractivity contribution in [3.63, 3.8) is 0 Å². The second-order valence-electron chi connectivity index (χ2n) is 6.35. The lowest BCUT2D eigenvalue weighted by atomic mass is 10.1. The molecule has 3 rings (SSSR count). The second-order valence-corrected chi connectivity index (χ2v) is 6.35. The molecule has 1 fully saturated rings. The molecule has 26 heavy (non-hydrogen) atoms. The van der Waals surface area contributed by atoms with Gasteiger partial charge in [0, 0.05) is 18.7 Å². The van der Waals surface area contributed by atoms with E-state index >= 15 is 0 Å². The minimum absolute atomic E-state index is 0.140. The number of carbonyl (C=O) groups is 1. The number of amides is 1. The summed E-state index contributed by atoms with van der Waals surface area (Å²) < 4.78 is 13.1. The third kappa shape index (κ3) is 3.96. The molecule has 2 aromatic rings. The van der Waals surface area contributed by atoms with Crippen molar-refractivity contribution < 1.29 is 14.3 Å². The smallest absolute Gasteiger partial charge is 0.263 e. The van der Waals surface area contributed by atoms with Gasteiger partial charge in [-0.15, -0.1) is 0 Å². The molecule has 1 N–H and O–H groups in total. The van der Waals surface area contributed by atoms with Crippen LogP contribution in [-0.2, 0) is 11.3 Å². The van der Waals surface area contributed by atoms with E-state index in [0.29, 0.717) is 26.2 Å². The fraction of sp³-hybridized carbons (Fsp3) is 0.400. The molecular formula is C20H24N2O4. The maximum absolute atomic E-state index is 12.7. The molecule has 0 saturated carbocycles. The molecule has 1 amide bonds. The average Bonchev–Trinajstić information content (AvgIpc) is 2.64. The van der Waals surface area contributed by atoms with Gasteiger partial charge in [-0.1, -0.05) is 18.2 Å². The van der Waals surface area contributed by atoms with Gasteiger partial charge in [0.15, 0.2) is 0 Å². The van der Waals surface area contributed by atoms with Crippen LogP contribution < -0.4 is 15.6 Å². The summed E-state index contributed by atoms with van der Waals surface area (Å²) in [5.74, 6) is 0.358. The maximum atomic E-state index is 12.7. The Morgan fingerprint density at radius 1 is 1.27 bits per heavy atom. The van der Waals surface area contributed by atoms with Gasteiger partial charge < -0.3 is 19.4 Å². The van der Waals surface area contributed by atoms with Crippen molar-refractivity contribution in [1.82, 2.24) is 9.88 Å². The zero-order valence-corrected chi connectivity index (χ0v) is 15.1. The van der Waals surface area contributed by atoms with Crippen LogP contribution >= 0.6 is 0 Å². The highest BCUT2D eigenvalue weighted by atomic mass is 16.5. The topological polar surface area (TPSA) is 69.6 Å². The molecule has 1 saturated heterocycles. The molecule has 2 heterocycles. The molecule has 1 aromatic heterocycles. The van der Waals surface area contributed by atoms with E-state index in [4.69, 9.17) is 9.47 Å². The van der Waals surface area contributed by atoms with Gasteiger partial charge in [0.1, 0.15) is 17.4 Å². The van der Waals surface area contributed by atoms with Crippen molar-refractivity contribution in [3.05, 3.63) is 64.1 Å². The van der Waals surface area contributed by atoms with Gasteiger partial charge in [0.2, 0.25) is 0 Å². The number of rotatable bonds is 5. The van der Waals surface area contributed by atoms with Crippen LogP contribution in [0, 0.1) is 6.92 Å². The number of ether oxygens (including phenoxy) is 2. The van der Waals surface area contributed by atoms with E-state index in [1.807, 2.05) is 44.2 Å². The molecule has 0 bridgehead atoms. The summed E-state index contributed by atoms with van der Waals surface area (Å²) in [6.45, 7) is 5.20. The third-order valence-corrected chi connectivity index (χ3v) is 4.59. The highest BCUT2D eigenvalue weighted by molar-refractivity contribution is 5.94. The summed E-state index contributed by atoms with van der Waals surface area (Å²) in [4.78, 5) is 25.2. The second kappa shape index (κ2) is 8.19. The van der Waals surface area contributed by atoms with Gasteiger partial charge in [-0.05, 0) is 38.1 Å². The number of nitrogens with zero attached hydrogens (tertiary/aromatic N) is 1. The fourth-order valence-electron chi connectivity index (χ4n) is 3.15. The number of hydrogen-bond donors (Lipinski definition) is 1. The molecule has 0 radical (unpaired) electrons. The summed E-state index contributed by atoms with van der Waals surface area (Å²) >= 11 is 0. The first-order valence-electron chi connectivity index (χ1n) is 8.91. The first-order chi connectivity index (χ1) is 12.6. The lowest BCUT2D eigenvalue weighted by molar-refractivity contribution is -0.00291. The molecule has 0 aliphatic carbocycles. The Bertz CT molecular complexity index is 816. The van der Waals surface area contributed by atoms with Crippen molar-refractivity contribution in [1.29, 1.82) is 0 Å². The number of carbonyl (C=O) groups excluding carboxylic acids is 1.